The van der Waals surface area contributed by atoms with Crippen molar-refractivity contribution in [3.8, 4) is 0 Å². The molecule has 0 aliphatic carbocycles. The summed E-state index contributed by atoms with van der Waals surface area (Å²) in [4.78, 5) is 19.2. The maximum Gasteiger partial charge on any atom is 0.253 e. The summed E-state index contributed by atoms with van der Waals surface area (Å²) in [6.45, 7) is 9.36. The molecule has 2 N–H and O–H groups in total. The Morgan fingerprint density at radius 3 is 2.77 bits per heavy atom. The molecule has 0 spiro atoms. The quantitative estimate of drug-likeness (QED) is 0.376. The zero-order chi connectivity index (χ0) is 21.5. The Bertz CT molecular complexity index is 1040. The first-order chi connectivity index (χ1) is 14.5. The first-order valence-corrected chi connectivity index (χ1v) is 11.5. The minimum absolute atomic E-state index is 0.0634. The Balaban J connectivity index is 1.81. The number of nitrogens with zero attached hydrogens (tertiary/aromatic N) is 1. The van der Waals surface area contributed by atoms with E-state index < -0.39 is 0 Å². The highest BCUT2D eigenvalue weighted by Crippen LogP contribution is 2.21. The number of hydrogen-bond acceptors (Lipinski definition) is 4. The van der Waals surface area contributed by atoms with Gasteiger partial charge in [-0.25, -0.2) is 0 Å². The van der Waals surface area contributed by atoms with Crippen LogP contribution in [0, 0.1) is 13.8 Å². The first kappa shape index (κ1) is 22.5. The summed E-state index contributed by atoms with van der Waals surface area (Å²) in [6, 6.07) is 10.3. The standard InChI is InChI=1S/C23H29N3O2S2/c1-4-28-11-6-10-24-23(29)26(15-19-7-5-12-30-19)14-18-13-20-16(2)8-9-17(3)21(20)25-22(18)27/h5,7-9,12-13H,4,6,10-11,14-15H2,1-3H3,(H,24,29)(H,25,27). The third-order valence-corrected chi connectivity index (χ3v) is 6.31. The smallest absolute Gasteiger partial charge is 0.253 e. The minimum atomic E-state index is -0.0634. The normalized spacial score (nSPS) is 11.0. The lowest BCUT2D eigenvalue weighted by atomic mass is 10.0. The fraction of sp³-hybridized carbons (Fsp3) is 0.391. The molecule has 5 nitrogen and oxygen atoms in total. The van der Waals surface area contributed by atoms with Crippen LogP contribution in [0.2, 0.25) is 0 Å². The lowest BCUT2D eigenvalue weighted by Gasteiger charge is -2.25. The second-order valence-electron chi connectivity index (χ2n) is 7.33. The van der Waals surface area contributed by atoms with Crippen molar-refractivity contribution in [1.29, 1.82) is 0 Å². The number of benzene rings is 1. The molecule has 0 bridgehead atoms. The van der Waals surface area contributed by atoms with Crippen molar-refractivity contribution in [2.24, 2.45) is 0 Å². The molecule has 7 heteroatoms. The van der Waals surface area contributed by atoms with E-state index in [9.17, 15) is 4.79 Å². The Hall–Kier alpha value is -2.22. The molecule has 2 aromatic heterocycles. The third kappa shape index (κ3) is 5.68. The lowest BCUT2D eigenvalue weighted by Crippen LogP contribution is -2.40. The SMILES string of the molecule is CCOCCCNC(=S)N(Cc1cccs1)Cc1cc2c(C)ccc(C)c2[nH]c1=O. The van der Waals surface area contributed by atoms with Crippen LogP contribution in [0.25, 0.3) is 10.9 Å². The molecule has 0 atom stereocenters. The molecule has 3 rings (SSSR count). The van der Waals surface area contributed by atoms with E-state index in [1.165, 1.54) is 4.88 Å². The van der Waals surface area contributed by atoms with Crippen LogP contribution in [0.1, 0.15) is 34.9 Å². The summed E-state index contributed by atoms with van der Waals surface area (Å²) >= 11 is 7.37. The lowest BCUT2D eigenvalue weighted by molar-refractivity contribution is 0.145. The van der Waals surface area contributed by atoms with E-state index in [0.717, 1.165) is 41.6 Å². The van der Waals surface area contributed by atoms with Crippen LogP contribution < -0.4 is 10.9 Å². The van der Waals surface area contributed by atoms with Crippen LogP contribution >= 0.6 is 23.6 Å². The average Bonchev–Trinajstić information content (AvgIpc) is 3.24. The average molecular weight is 444 g/mol. The number of rotatable bonds is 9. The number of aromatic amines is 1. The van der Waals surface area contributed by atoms with Gasteiger partial charge in [-0.15, -0.1) is 11.3 Å². The number of hydrogen-bond donors (Lipinski definition) is 2. The van der Waals surface area contributed by atoms with Crippen molar-refractivity contribution < 1.29 is 4.74 Å². The molecule has 0 aliphatic rings. The van der Waals surface area contributed by atoms with Gasteiger partial charge in [0, 0.05) is 35.6 Å². The van der Waals surface area contributed by atoms with Crippen molar-refractivity contribution >= 4 is 39.6 Å². The molecule has 2 heterocycles. The zero-order valence-electron chi connectivity index (χ0n) is 17.8. The van der Waals surface area contributed by atoms with Crippen LogP contribution in [-0.2, 0) is 17.8 Å². The number of nitrogens with one attached hydrogen (secondary N) is 2. The van der Waals surface area contributed by atoms with Gasteiger partial charge in [-0.2, -0.15) is 0 Å². The molecular weight excluding hydrogens is 414 g/mol. The van der Waals surface area contributed by atoms with Crippen molar-refractivity contribution in [1.82, 2.24) is 15.2 Å². The molecule has 3 aromatic rings. The van der Waals surface area contributed by atoms with Crippen molar-refractivity contribution in [3.05, 3.63) is 67.6 Å². The molecule has 160 valence electrons. The zero-order valence-corrected chi connectivity index (χ0v) is 19.4. The molecule has 0 radical (unpaired) electrons. The molecule has 0 saturated carbocycles. The van der Waals surface area contributed by atoms with Crippen LogP contribution in [0.4, 0.5) is 0 Å². The van der Waals surface area contributed by atoms with E-state index in [4.69, 9.17) is 17.0 Å². The highest BCUT2D eigenvalue weighted by molar-refractivity contribution is 7.80. The van der Waals surface area contributed by atoms with Crippen LogP contribution in [0.15, 0.2) is 40.5 Å². The van der Waals surface area contributed by atoms with Gasteiger partial charge in [-0.05, 0) is 68.0 Å². The van der Waals surface area contributed by atoms with Gasteiger partial charge in [0.15, 0.2) is 5.11 Å². The summed E-state index contributed by atoms with van der Waals surface area (Å²) in [6.07, 6.45) is 0.885. The Morgan fingerprint density at radius 2 is 2.03 bits per heavy atom. The monoisotopic (exact) mass is 443 g/mol. The first-order valence-electron chi connectivity index (χ1n) is 10.2. The van der Waals surface area contributed by atoms with Crippen LogP contribution in [0.3, 0.4) is 0 Å². The number of ether oxygens (including phenoxy) is 1. The predicted octanol–water partition coefficient (Wildman–Crippen LogP) is 4.51. The summed E-state index contributed by atoms with van der Waals surface area (Å²) in [5.74, 6) is 0. The number of aromatic nitrogens is 1. The van der Waals surface area contributed by atoms with Gasteiger partial charge in [0.1, 0.15) is 0 Å². The molecule has 0 fully saturated rings. The molecule has 0 aliphatic heterocycles. The van der Waals surface area contributed by atoms with Gasteiger partial charge in [-0.3, -0.25) is 4.79 Å². The van der Waals surface area contributed by atoms with E-state index in [2.05, 4.69) is 39.6 Å². The molecule has 0 amide bonds. The summed E-state index contributed by atoms with van der Waals surface area (Å²) in [5.41, 5.74) is 3.78. The van der Waals surface area contributed by atoms with Gasteiger partial charge < -0.3 is 19.9 Å². The number of thiophene rings is 1. The Labute approximate surface area is 187 Å². The molecule has 1 aromatic carbocycles. The highest BCUT2D eigenvalue weighted by Gasteiger charge is 2.15. The third-order valence-electron chi connectivity index (χ3n) is 5.04. The van der Waals surface area contributed by atoms with Crippen LogP contribution in [0.5, 0.6) is 0 Å². The van der Waals surface area contributed by atoms with Gasteiger partial charge in [-0.1, -0.05) is 18.2 Å². The van der Waals surface area contributed by atoms with Crippen molar-refractivity contribution in [2.45, 2.75) is 40.3 Å². The van der Waals surface area contributed by atoms with Gasteiger partial charge >= 0.3 is 0 Å². The minimum Gasteiger partial charge on any atom is -0.382 e. The number of fused-ring (bicyclic) bond motifs is 1. The Morgan fingerprint density at radius 1 is 1.23 bits per heavy atom. The van der Waals surface area contributed by atoms with Gasteiger partial charge in [0.2, 0.25) is 0 Å². The predicted molar refractivity (Wildman–Crippen MR) is 129 cm³/mol. The largest absolute Gasteiger partial charge is 0.382 e. The second kappa shape index (κ2) is 10.7. The van der Waals surface area contributed by atoms with E-state index in [1.54, 1.807) is 11.3 Å². The summed E-state index contributed by atoms with van der Waals surface area (Å²) in [5, 5.41) is 7.11. The number of thiocarbonyl (C=S) groups is 1. The molecule has 0 saturated heterocycles. The highest BCUT2D eigenvalue weighted by atomic mass is 32.1. The van der Waals surface area contributed by atoms with Crippen molar-refractivity contribution in [3.63, 3.8) is 0 Å². The number of H-pyrrole nitrogens is 1. The van der Waals surface area contributed by atoms with Crippen molar-refractivity contribution in [2.75, 3.05) is 19.8 Å². The number of aryl methyl sites for hydroxylation is 2. The maximum absolute atomic E-state index is 12.8. The van der Waals surface area contributed by atoms with E-state index in [-0.39, 0.29) is 5.56 Å². The molecule has 0 unspecified atom stereocenters. The molecular formula is C23H29N3O2S2. The van der Waals surface area contributed by atoms with E-state index in [1.807, 2.05) is 32.0 Å². The van der Waals surface area contributed by atoms with E-state index in [0.29, 0.717) is 30.4 Å². The molecule has 30 heavy (non-hydrogen) atoms. The topological polar surface area (TPSA) is 57.4 Å². The van der Waals surface area contributed by atoms with E-state index >= 15 is 0 Å². The summed E-state index contributed by atoms with van der Waals surface area (Å²) in [7, 11) is 0. The number of pyridine rings is 1. The maximum atomic E-state index is 12.8. The fourth-order valence-electron chi connectivity index (χ4n) is 3.36. The Kier molecular flexibility index (Phi) is 8.01. The second-order valence-corrected chi connectivity index (χ2v) is 8.75. The van der Waals surface area contributed by atoms with Gasteiger partial charge in [0.05, 0.1) is 18.6 Å². The fourth-order valence-corrected chi connectivity index (χ4v) is 4.31. The van der Waals surface area contributed by atoms with Gasteiger partial charge in [0.25, 0.3) is 5.56 Å². The van der Waals surface area contributed by atoms with Crippen LogP contribution in [-0.4, -0.2) is 34.8 Å². The summed E-state index contributed by atoms with van der Waals surface area (Å²) < 4.78 is 5.39.